The molecular formula is C20H22O5. The van der Waals surface area contributed by atoms with Crippen LogP contribution in [-0.2, 0) is 6.42 Å². The molecule has 1 aliphatic heterocycles. The Morgan fingerprint density at radius 1 is 1.12 bits per heavy atom. The molecule has 1 aliphatic rings. The third-order valence-electron chi connectivity index (χ3n) is 3.66. The van der Waals surface area contributed by atoms with E-state index in [4.69, 9.17) is 9.84 Å². The molecule has 3 N–H and O–H groups in total. The molecule has 0 aromatic heterocycles. The highest BCUT2D eigenvalue weighted by Gasteiger charge is 2.27. The van der Waals surface area contributed by atoms with E-state index >= 15 is 0 Å². The lowest BCUT2D eigenvalue weighted by atomic mass is 9.97. The van der Waals surface area contributed by atoms with Gasteiger partial charge >= 0.3 is 0 Å². The molecule has 2 aromatic rings. The minimum atomic E-state index is -0.215. The number of phenolic OH excluding ortho intramolecular Hbond substituents is 3. The average Bonchev–Trinajstić information content (AvgIpc) is 2.55. The van der Waals surface area contributed by atoms with E-state index in [2.05, 4.69) is 0 Å². The first-order valence-corrected chi connectivity index (χ1v) is 8.01. The minimum absolute atomic E-state index is 0.0431. The van der Waals surface area contributed by atoms with E-state index in [0.29, 0.717) is 23.5 Å². The second-order valence-electron chi connectivity index (χ2n) is 5.94. The molecule has 5 heteroatoms. The summed E-state index contributed by atoms with van der Waals surface area (Å²) in [5, 5.41) is 28.2. The summed E-state index contributed by atoms with van der Waals surface area (Å²) in [4.78, 5) is 11.8. The number of fused-ring (bicyclic) bond motifs is 1. The first-order valence-electron chi connectivity index (χ1n) is 8.01. The number of ketones is 1. The van der Waals surface area contributed by atoms with Gasteiger partial charge < -0.3 is 20.1 Å². The predicted octanol–water partition coefficient (Wildman–Crippen LogP) is 3.96. The lowest BCUT2D eigenvalue weighted by Gasteiger charge is -2.21. The van der Waals surface area contributed by atoms with E-state index in [1.54, 1.807) is 24.3 Å². The number of allylic oxidation sites excluding steroid dienone is 2. The standard InChI is InChI=1S/C14H16O4.C6H6O/c1-8(2)3-4-9-11(16)7-12(17)13-10(15)5-6-18-14(9)13;7-6-4-2-1-3-5-6/h3,7,16-17H,4-6H2,1-2H3;1-5,7H. The van der Waals surface area contributed by atoms with Gasteiger partial charge in [-0.05, 0) is 32.4 Å². The Labute approximate surface area is 146 Å². The molecule has 0 radical (unpaired) electrons. The summed E-state index contributed by atoms with van der Waals surface area (Å²) in [6.45, 7) is 4.20. The molecule has 0 atom stereocenters. The van der Waals surface area contributed by atoms with Gasteiger partial charge in [0.1, 0.15) is 28.6 Å². The van der Waals surface area contributed by atoms with Crippen molar-refractivity contribution in [3.8, 4) is 23.0 Å². The van der Waals surface area contributed by atoms with Gasteiger partial charge in [0.2, 0.25) is 0 Å². The van der Waals surface area contributed by atoms with Gasteiger partial charge in [0.15, 0.2) is 5.78 Å². The van der Waals surface area contributed by atoms with Crippen LogP contribution < -0.4 is 4.74 Å². The number of Topliss-reactive ketones (excluding diaryl/α,β-unsaturated/α-hetero) is 1. The van der Waals surface area contributed by atoms with Crippen molar-refractivity contribution in [3.05, 3.63) is 59.2 Å². The summed E-state index contributed by atoms with van der Waals surface area (Å²) in [7, 11) is 0. The molecule has 3 rings (SSSR count). The Kier molecular flexibility index (Phi) is 6.06. The van der Waals surface area contributed by atoms with Gasteiger partial charge in [-0.25, -0.2) is 0 Å². The quantitative estimate of drug-likeness (QED) is 0.719. The number of benzene rings is 2. The number of para-hydroxylation sites is 1. The molecule has 0 spiro atoms. The van der Waals surface area contributed by atoms with Crippen LogP contribution >= 0.6 is 0 Å². The van der Waals surface area contributed by atoms with Crippen LogP contribution in [0.5, 0.6) is 23.0 Å². The number of phenols is 3. The molecule has 0 bridgehead atoms. The first-order chi connectivity index (χ1) is 11.9. The highest BCUT2D eigenvalue weighted by Crippen LogP contribution is 2.41. The van der Waals surface area contributed by atoms with Crippen molar-refractivity contribution in [1.29, 1.82) is 0 Å². The number of carbonyl (C=O) groups is 1. The van der Waals surface area contributed by atoms with Crippen LogP contribution in [0.1, 0.15) is 36.2 Å². The van der Waals surface area contributed by atoms with Gasteiger partial charge in [-0.2, -0.15) is 0 Å². The van der Waals surface area contributed by atoms with Gasteiger partial charge in [-0.15, -0.1) is 0 Å². The Hall–Kier alpha value is -2.95. The molecule has 0 saturated carbocycles. The molecule has 25 heavy (non-hydrogen) atoms. The Morgan fingerprint density at radius 3 is 2.36 bits per heavy atom. The molecule has 5 nitrogen and oxygen atoms in total. The van der Waals surface area contributed by atoms with Gasteiger partial charge in [-0.1, -0.05) is 29.8 Å². The second kappa shape index (κ2) is 8.24. The maximum atomic E-state index is 11.8. The van der Waals surface area contributed by atoms with Crippen LogP contribution in [-0.4, -0.2) is 27.7 Å². The molecule has 1 heterocycles. The van der Waals surface area contributed by atoms with E-state index in [9.17, 15) is 15.0 Å². The third-order valence-corrected chi connectivity index (χ3v) is 3.66. The molecule has 2 aromatic carbocycles. The van der Waals surface area contributed by atoms with Crippen LogP contribution in [0.3, 0.4) is 0 Å². The van der Waals surface area contributed by atoms with Crippen LogP contribution in [0.15, 0.2) is 48.0 Å². The maximum absolute atomic E-state index is 11.8. The van der Waals surface area contributed by atoms with Crippen LogP contribution in [0, 0.1) is 0 Å². The smallest absolute Gasteiger partial charge is 0.173 e. The fourth-order valence-electron chi connectivity index (χ4n) is 2.40. The summed E-state index contributed by atoms with van der Waals surface area (Å²) in [5.41, 5.74) is 1.85. The summed E-state index contributed by atoms with van der Waals surface area (Å²) in [6.07, 6.45) is 2.67. The lowest BCUT2D eigenvalue weighted by Crippen LogP contribution is -2.17. The van der Waals surface area contributed by atoms with Crippen LogP contribution in [0.2, 0.25) is 0 Å². The first kappa shape index (κ1) is 18.4. The summed E-state index contributed by atoms with van der Waals surface area (Å²) < 4.78 is 5.45. The van der Waals surface area contributed by atoms with Gasteiger partial charge in [0, 0.05) is 18.1 Å². The van der Waals surface area contributed by atoms with Gasteiger partial charge in [0.25, 0.3) is 0 Å². The fourth-order valence-corrected chi connectivity index (χ4v) is 2.40. The summed E-state index contributed by atoms with van der Waals surface area (Å²) in [6, 6.07) is 9.92. The zero-order valence-corrected chi connectivity index (χ0v) is 14.3. The fraction of sp³-hybridized carbons (Fsp3) is 0.250. The zero-order chi connectivity index (χ0) is 18.4. The summed E-state index contributed by atoms with van der Waals surface area (Å²) >= 11 is 0. The number of carbonyl (C=O) groups excluding carboxylic acids is 1. The summed E-state index contributed by atoms with van der Waals surface area (Å²) in [5.74, 6) is 0.238. The number of hydrogen-bond acceptors (Lipinski definition) is 5. The number of aromatic hydroxyl groups is 3. The molecule has 0 amide bonds. The normalized spacial score (nSPS) is 12.3. The average molecular weight is 342 g/mol. The molecular weight excluding hydrogens is 320 g/mol. The molecule has 0 unspecified atom stereocenters. The van der Waals surface area contributed by atoms with E-state index in [0.717, 1.165) is 5.57 Å². The van der Waals surface area contributed by atoms with Crippen LogP contribution in [0.4, 0.5) is 0 Å². The lowest BCUT2D eigenvalue weighted by molar-refractivity contribution is 0.0928. The number of ether oxygens (including phenoxy) is 1. The number of hydrogen-bond donors (Lipinski definition) is 3. The van der Waals surface area contributed by atoms with E-state index in [1.807, 2.05) is 26.0 Å². The van der Waals surface area contributed by atoms with E-state index in [1.165, 1.54) is 6.07 Å². The highest BCUT2D eigenvalue weighted by molar-refractivity contribution is 6.03. The third kappa shape index (κ3) is 4.76. The van der Waals surface area contributed by atoms with E-state index < -0.39 is 0 Å². The van der Waals surface area contributed by atoms with Crippen molar-refractivity contribution in [2.45, 2.75) is 26.7 Å². The SMILES string of the molecule is CC(C)=CCc1c(O)cc(O)c2c1OCCC2=O.Oc1ccccc1. The van der Waals surface area contributed by atoms with Crippen molar-refractivity contribution in [3.63, 3.8) is 0 Å². The zero-order valence-electron chi connectivity index (χ0n) is 14.3. The highest BCUT2D eigenvalue weighted by atomic mass is 16.5. The van der Waals surface area contributed by atoms with Crippen molar-refractivity contribution in [2.24, 2.45) is 0 Å². The molecule has 0 saturated heterocycles. The Balaban J connectivity index is 0.000000269. The largest absolute Gasteiger partial charge is 0.508 e. The molecule has 132 valence electrons. The van der Waals surface area contributed by atoms with Crippen molar-refractivity contribution >= 4 is 5.78 Å². The van der Waals surface area contributed by atoms with Crippen molar-refractivity contribution in [2.75, 3.05) is 6.61 Å². The van der Waals surface area contributed by atoms with Gasteiger partial charge in [0.05, 0.1) is 6.61 Å². The van der Waals surface area contributed by atoms with Crippen molar-refractivity contribution in [1.82, 2.24) is 0 Å². The predicted molar refractivity (Wildman–Crippen MR) is 95.5 cm³/mol. The Bertz CT molecular complexity index is 774. The molecule has 0 fully saturated rings. The Morgan fingerprint density at radius 2 is 1.80 bits per heavy atom. The monoisotopic (exact) mass is 342 g/mol. The topological polar surface area (TPSA) is 87.0 Å². The van der Waals surface area contributed by atoms with Crippen molar-refractivity contribution < 1.29 is 24.9 Å². The number of rotatable bonds is 2. The minimum Gasteiger partial charge on any atom is -0.508 e. The van der Waals surface area contributed by atoms with Crippen LogP contribution in [0.25, 0.3) is 0 Å². The maximum Gasteiger partial charge on any atom is 0.173 e. The van der Waals surface area contributed by atoms with Gasteiger partial charge in [-0.3, -0.25) is 4.79 Å². The second-order valence-corrected chi connectivity index (χ2v) is 5.94. The molecule has 0 aliphatic carbocycles. The van der Waals surface area contributed by atoms with E-state index in [-0.39, 0.29) is 35.9 Å².